The zero-order valence-corrected chi connectivity index (χ0v) is 12.5. The second-order valence-corrected chi connectivity index (χ2v) is 5.74. The number of hydrogen-bond acceptors (Lipinski definition) is 5. The van der Waals surface area contributed by atoms with E-state index >= 15 is 0 Å². The lowest BCUT2D eigenvalue weighted by molar-refractivity contribution is 0.337. The summed E-state index contributed by atoms with van der Waals surface area (Å²) in [5.74, 6) is 0.191. The van der Waals surface area contributed by atoms with Crippen LogP contribution < -0.4 is 0 Å². The van der Waals surface area contributed by atoms with Crippen LogP contribution in [-0.2, 0) is 0 Å². The van der Waals surface area contributed by atoms with Gasteiger partial charge in [0.2, 0.25) is 5.89 Å². The van der Waals surface area contributed by atoms with E-state index in [0.29, 0.717) is 11.6 Å². The molecule has 0 aliphatic heterocycles. The van der Waals surface area contributed by atoms with Crippen molar-refractivity contribution in [1.29, 1.82) is 0 Å². The molecule has 0 unspecified atom stereocenters. The lowest BCUT2D eigenvalue weighted by Gasteiger charge is -1.98. The van der Waals surface area contributed by atoms with Gasteiger partial charge in [-0.05, 0) is 48.6 Å². The summed E-state index contributed by atoms with van der Waals surface area (Å²) in [7, 11) is 0. The van der Waals surface area contributed by atoms with Crippen LogP contribution in [0.5, 0.6) is 5.95 Å². The predicted octanol–water partition coefficient (Wildman–Crippen LogP) is 4.48. The van der Waals surface area contributed by atoms with Crippen molar-refractivity contribution in [3.8, 4) is 16.7 Å². The molecule has 5 heteroatoms. The number of aryl methyl sites for hydroxylation is 2. The molecular formula is C16H14N2O2S. The normalized spacial score (nSPS) is 11.3. The molecule has 0 atom stereocenters. The Bertz CT molecular complexity index is 768. The van der Waals surface area contributed by atoms with Crippen molar-refractivity contribution >= 4 is 23.2 Å². The zero-order valence-electron chi connectivity index (χ0n) is 11.7. The number of rotatable bonds is 3. The highest BCUT2D eigenvalue weighted by Crippen LogP contribution is 2.29. The van der Waals surface area contributed by atoms with Crippen molar-refractivity contribution in [1.82, 2.24) is 4.98 Å². The fourth-order valence-corrected chi connectivity index (χ4v) is 2.72. The Morgan fingerprint density at radius 1 is 1.24 bits per heavy atom. The Kier molecular flexibility index (Phi) is 3.58. The van der Waals surface area contributed by atoms with Crippen LogP contribution in [-0.4, -0.2) is 16.3 Å². The lowest BCUT2D eigenvalue weighted by Crippen LogP contribution is -1.82. The van der Waals surface area contributed by atoms with Gasteiger partial charge in [-0.1, -0.05) is 12.1 Å². The molecule has 0 saturated carbocycles. The number of benzene rings is 1. The monoisotopic (exact) mass is 298 g/mol. The van der Waals surface area contributed by atoms with E-state index in [9.17, 15) is 5.11 Å². The summed E-state index contributed by atoms with van der Waals surface area (Å²) in [6.07, 6.45) is 1.52. The largest absolute Gasteiger partial charge is 0.479 e. The molecule has 2 heterocycles. The van der Waals surface area contributed by atoms with E-state index < -0.39 is 0 Å². The van der Waals surface area contributed by atoms with Crippen molar-refractivity contribution in [3.05, 3.63) is 52.5 Å². The molecule has 21 heavy (non-hydrogen) atoms. The summed E-state index contributed by atoms with van der Waals surface area (Å²) < 4.78 is 5.26. The van der Waals surface area contributed by atoms with Crippen LogP contribution >= 0.6 is 11.3 Å². The van der Waals surface area contributed by atoms with Gasteiger partial charge in [0, 0.05) is 0 Å². The molecule has 0 fully saturated rings. The van der Waals surface area contributed by atoms with Crippen LogP contribution in [0.1, 0.15) is 16.8 Å². The first-order chi connectivity index (χ1) is 10.1. The number of nitrogens with zero attached hydrogens (tertiary/aromatic N) is 2. The maximum Gasteiger partial charge on any atom is 0.312 e. The van der Waals surface area contributed by atoms with Crippen LogP contribution in [0.2, 0.25) is 0 Å². The average Bonchev–Trinajstić information content (AvgIpc) is 3.04. The first-order valence-corrected chi connectivity index (χ1v) is 7.36. The van der Waals surface area contributed by atoms with Crippen LogP contribution in [0.25, 0.3) is 10.8 Å². The van der Waals surface area contributed by atoms with Gasteiger partial charge in [0.15, 0.2) is 5.69 Å². The van der Waals surface area contributed by atoms with Gasteiger partial charge in [0.05, 0.1) is 16.8 Å². The van der Waals surface area contributed by atoms with Crippen molar-refractivity contribution < 1.29 is 9.52 Å². The molecule has 0 aliphatic rings. The number of aliphatic imine (C=N–C) groups is 1. The molecule has 1 N–H and O–H groups in total. The van der Waals surface area contributed by atoms with Crippen molar-refractivity contribution in [3.63, 3.8) is 0 Å². The maximum absolute atomic E-state index is 9.80. The summed E-state index contributed by atoms with van der Waals surface area (Å²) in [5.41, 5.74) is 3.45. The molecule has 0 radical (unpaired) electrons. The Morgan fingerprint density at radius 3 is 2.67 bits per heavy atom. The standard InChI is InChI=1S/C16H14N2O2S/c1-10-6-11(2)8-12(7-10)17-9-13-16(19)20-15(18-13)14-4-3-5-21-14/h3-9,19H,1-2H3. The first kappa shape index (κ1) is 13.6. The number of aromatic hydroxyl groups is 1. The molecule has 3 rings (SSSR count). The summed E-state index contributed by atoms with van der Waals surface area (Å²) >= 11 is 1.50. The van der Waals surface area contributed by atoms with Gasteiger partial charge in [0.25, 0.3) is 0 Å². The molecule has 0 bridgehead atoms. The molecule has 0 spiro atoms. The van der Waals surface area contributed by atoms with E-state index in [1.165, 1.54) is 17.6 Å². The maximum atomic E-state index is 9.80. The number of hydrogen-bond donors (Lipinski definition) is 1. The third-order valence-electron chi connectivity index (χ3n) is 2.91. The van der Waals surface area contributed by atoms with Crippen molar-refractivity contribution in [2.45, 2.75) is 13.8 Å². The van der Waals surface area contributed by atoms with Crippen LogP contribution in [0.15, 0.2) is 45.1 Å². The summed E-state index contributed by atoms with van der Waals surface area (Å²) in [5, 5.41) is 11.7. The van der Waals surface area contributed by atoms with E-state index in [2.05, 4.69) is 16.0 Å². The van der Waals surface area contributed by atoms with E-state index in [0.717, 1.165) is 21.7 Å². The van der Waals surface area contributed by atoms with E-state index in [-0.39, 0.29) is 5.95 Å². The average molecular weight is 298 g/mol. The van der Waals surface area contributed by atoms with Gasteiger partial charge in [-0.15, -0.1) is 11.3 Å². The van der Waals surface area contributed by atoms with E-state index in [1.54, 1.807) is 0 Å². The van der Waals surface area contributed by atoms with Gasteiger partial charge in [-0.2, -0.15) is 0 Å². The highest BCUT2D eigenvalue weighted by atomic mass is 32.1. The number of aromatic nitrogens is 1. The van der Waals surface area contributed by atoms with Crippen molar-refractivity contribution in [2.24, 2.45) is 4.99 Å². The summed E-state index contributed by atoms with van der Waals surface area (Å²) in [6, 6.07) is 9.83. The molecule has 0 amide bonds. The quantitative estimate of drug-likeness (QED) is 0.725. The Labute approximate surface area is 126 Å². The Balaban J connectivity index is 1.89. The molecule has 106 valence electrons. The molecule has 0 saturated heterocycles. The van der Waals surface area contributed by atoms with Gasteiger partial charge >= 0.3 is 5.95 Å². The number of oxazole rings is 1. The van der Waals surface area contributed by atoms with E-state index in [4.69, 9.17) is 4.42 Å². The lowest BCUT2D eigenvalue weighted by atomic mass is 10.1. The first-order valence-electron chi connectivity index (χ1n) is 6.48. The van der Waals surface area contributed by atoms with Crippen LogP contribution in [0, 0.1) is 13.8 Å². The SMILES string of the molecule is Cc1cc(C)cc(N=Cc2nc(-c3cccs3)oc2O)c1. The zero-order chi connectivity index (χ0) is 14.8. The Morgan fingerprint density at radius 2 is 2.00 bits per heavy atom. The van der Waals surface area contributed by atoms with Gasteiger partial charge < -0.3 is 9.52 Å². The predicted molar refractivity (Wildman–Crippen MR) is 84.7 cm³/mol. The van der Waals surface area contributed by atoms with Gasteiger partial charge in [0.1, 0.15) is 0 Å². The van der Waals surface area contributed by atoms with E-state index in [1.807, 2.05) is 43.5 Å². The fraction of sp³-hybridized carbons (Fsp3) is 0.125. The molecule has 2 aromatic heterocycles. The third-order valence-corrected chi connectivity index (χ3v) is 3.77. The van der Waals surface area contributed by atoms with Crippen LogP contribution in [0.4, 0.5) is 5.69 Å². The van der Waals surface area contributed by atoms with Crippen LogP contribution in [0.3, 0.4) is 0 Å². The minimum Gasteiger partial charge on any atom is -0.479 e. The molecule has 4 nitrogen and oxygen atoms in total. The molecule has 1 aromatic carbocycles. The second-order valence-electron chi connectivity index (χ2n) is 4.79. The molecule has 3 aromatic rings. The highest BCUT2D eigenvalue weighted by Gasteiger charge is 2.12. The van der Waals surface area contributed by atoms with Crippen molar-refractivity contribution in [2.75, 3.05) is 0 Å². The van der Waals surface area contributed by atoms with Gasteiger partial charge in [-0.25, -0.2) is 4.98 Å². The van der Waals surface area contributed by atoms with Gasteiger partial charge in [-0.3, -0.25) is 4.99 Å². The number of thiophene rings is 1. The topological polar surface area (TPSA) is 58.6 Å². The summed E-state index contributed by atoms with van der Waals surface area (Å²) in [4.78, 5) is 9.48. The smallest absolute Gasteiger partial charge is 0.312 e. The minimum absolute atomic E-state index is 0.216. The Hall–Kier alpha value is -2.40. The molecular weight excluding hydrogens is 284 g/mol. The third kappa shape index (κ3) is 3.03. The molecule has 0 aliphatic carbocycles. The second kappa shape index (κ2) is 5.54. The highest BCUT2D eigenvalue weighted by molar-refractivity contribution is 7.13. The fourth-order valence-electron chi connectivity index (χ4n) is 2.07. The summed E-state index contributed by atoms with van der Waals surface area (Å²) in [6.45, 7) is 4.04. The minimum atomic E-state index is -0.216.